The number of rotatable bonds is 5. The molecule has 1 aromatic heterocycles. The fourth-order valence-corrected chi connectivity index (χ4v) is 3.58. The Labute approximate surface area is 164 Å². The van der Waals surface area contributed by atoms with E-state index in [-0.39, 0.29) is 0 Å². The summed E-state index contributed by atoms with van der Waals surface area (Å²) in [5, 5.41) is 4.54. The van der Waals surface area contributed by atoms with Crippen molar-refractivity contribution in [1.29, 1.82) is 0 Å². The quantitative estimate of drug-likeness (QED) is 0.620. The summed E-state index contributed by atoms with van der Waals surface area (Å²) in [6.07, 6.45) is 0. The molecular formula is C15H12Br2N2O5S. The van der Waals surface area contributed by atoms with Crippen LogP contribution in [0.1, 0.15) is 9.67 Å². The number of ether oxygens (including phenoxy) is 2. The first-order valence-electron chi connectivity index (χ1n) is 6.76. The number of amides is 3. The van der Waals surface area contributed by atoms with Gasteiger partial charge in [0.15, 0.2) is 6.61 Å². The number of methoxy groups -OCH3 is 1. The van der Waals surface area contributed by atoms with Gasteiger partial charge >= 0.3 is 12.0 Å². The van der Waals surface area contributed by atoms with Gasteiger partial charge in [-0.3, -0.25) is 10.1 Å². The summed E-state index contributed by atoms with van der Waals surface area (Å²) in [4.78, 5) is 35.5. The lowest BCUT2D eigenvalue weighted by atomic mass is 10.3. The van der Waals surface area contributed by atoms with Gasteiger partial charge in [-0.15, -0.1) is 11.3 Å². The lowest BCUT2D eigenvalue weighted by molar-refractivity contribution is -0.123. The molecule has 0 radical (unpaired) electrons. The van der Waals surface area contributed by atoms with Crippen LogP contribution in [0.25, 0.3) is 0 Å². The number of esters is 1. The first-order valence-corrected chi connectivity index (χ1v) is 9.16. The van der Waals surface area contributed by atoms with E-state index < -0.39 is 24.5 Å². The van der Waals surface area contributed by atoms with Crippen LogP contribution >= 0.6 is 43.2 Å². The Hall–Kier alpha value is -1.91. The second-order valence-electron chi connectivity index (χ2n) is 4.54. The van der Waals surface area contributed by atoms with Gasteiger partial charge in [-0.1, -0.05) is 0 Å². The summed E-state index contributed by atoms with van der Waals surface area (Å²) in [7, 11) is 1.53. The fraction of sp³-hybridized carbons (Fsp3) is 0.133. The molecule has 0 aliphatic carbocycles. The molecule has 0 fully saturated rings. The van der Waals surface area contributed by atoms with Gasteiger partial charge in [0.05, 0.1) is 10.9 Å². The maximum atomic E-state index is 11.8. The van der Waals surface area contributed by atoms with Crippen molar-refractivity contribution in [2.24, 2.45) is 0 Å². The Morgan fingerprint density at radius 3 is 2.40 bits per heavy atom. The highest BCUT2D eigenvalue weighted by Gasteiger charge is 2.16. The second-order valence-corrected chi connectivity index (χ2v) is 7.76. The molecule has 10 heteroatoms. The predicted octanol–water partition coefficient (Wildman–Crippen LogP) is 3.79. The molecule has 0 spiro atoms. The van der Waals surface area contributed by atoms with Crippen molar-refractivity contribution in [3.8, 4) is 5.75 Å². The Kier molecular flexibility index (Phi) is 6.97. The van der Waals surface area contributed by atoms with E-state index in [9.17, 15) is 14.4 Å². The van der Waals surface area contributed by atoms with Crippen LogP contribution in [0.2, 0.25) is 0 Å². The van der Waals surface area contributed by atoms with Gasteiger partial charge in [0, 0.05) is 10.2 Å². The number of urea groups is 1. The molecule has 132 valence electrons. The van der Waals surface area contributed by atoms with Gasteiger partial charge in [-0.2, -0.15) is 0 Å². The Morgan fingerprint density at radius 1 is 1.16 bits per heavy atom. The number of anilines is 1. The van der Waals surface area contributed by atoms with E-state index in [2.05, 4.69) is 42.5 Å². The Balaban J connectivity index is 1.78. The molecule has 0 unspecified atom stereocenters. The largest absolute Gasteiger partial charge is 0.497 e. The monoisotopic (exact) mass is 490 g/mol. The normalized spacial score (nSPS) is 10.0. The zero-order valence-corrected chi connectivity index (χ0v) is 16.8. The summed E-state index contributed by atoms with van der Waals surface area (Å²) < 4.78 is 11.3. The van der Waals surface area contributed by atoms with Crippen LogP contribution in [-0.4, -0.2) is 31.6 Å². The molecule has 0 aliphatic heterocycles. The summed E-state index contributed by atoms with van der Waals surface area (Å²) in [5.41, 5.74) is 0.483. The third-order valence-corrected chi connectivity index (χ3v) is 6.02. The van der Waals surface area contributed by atoms with Crippen LogP contribution in [0.3, 0.4) is 0 Å². The van der Waals surface area contributed by atoms with Crippen LogP contribution in [0.5, 0.6) is 5.75 Å². The molecule has 2 aromatic rings. The van der Waals surface area contributed by atoms with E-state index >= 15 is 0 Å². The van der Waals surface area contributed by atoms with Crippen molar-refractivity contribution in [2.75, 3.05) is 19.0 Å². The van der Waals surface area contributed by atoms with Crippen LogP contribution in [-0.2, 0) is 9.53 Å². The zero-order valence-electron chi connectivity index (χ0n) is 12.8. The van der Waals surface area contributed by atoms with Crippen molar-refractivity contribution in [2.45, 2.75) is 0 Å². The van der Waals surface area contributed by atoms with E-state index in [0.29, 0.717) is 20.8 Å². The first-order chi connectivity index (χ1) is 11.9. The molecule has 0 saturated carbocycles. The standard InChI is InChI=1S/C15H12Br2N2O5S/c1-23-9-4-2-8(3-5-9)18-15(22)19-12(20)7-24-14(21)11-6-10(16)13(17)25-11/h2-6H,7H2,1H3,(H2,18,19,20,22). The molecule has 0 aliphatic rings. The molecule has 0 saturated heterocycles. The van der Waals surface area contributed by atoms with Gasteiger partial charge in [0.2, 0.25) is 0 Å². The Morgan fingerprint density at radius 2 is 1.84 bits per heavy atom. The lowest BCUT2D eigenvalue weighted by Gasteiger charge is -2.07. The van der Waals surface area contributed by atoms with E-state index in [1.54, 1.807) is 30.3 Å². The number of nitrogens with one attached hydrogen (secondary N) is 2. The number of carbonyl (C=O) groups is 3. The van der Waals surface area contributed by atoms with Crippen LogP contribution in [0, 0.1) is 0 Å². The summed E-state index contributed by atoms with van der Waals surface area (Å²) in [5.74, 6) is -0.753. The minimum absolute atomic E-state index is 0.328. The summed E-state index contributed by atoms with van der Waals surface area (Å²) in [6, 6.07) is 7.41. The van der Waals surface area contributed by atoms with Crippen molar-refractivity contribution in [3.63, 3.8) is 0 Å². The minimum atomic E-state index is -0.742. The van der Waals surface area contributed by atoms with Crippen molar-refractivity contribution in [3.05, 3.63) is 43.5 Å². The van der Waals surface area contributed by atoms with Crippen LogP contribution in [0.4, 0.5) is 10.5 Å². The maximum Gasteiger partial charge on any atom is 0.348 e. The second kappa shape index (κ2) is 8.97. The molecule has 2 rings (SSSR count). The molecule has 0 bridgehead atoms. The van der Waals surface area contributed by atoms with Crippen molar-refractivity contribution in [1.82, 2.24) is 5.32 Å². The molecule has 1 heterocycles. The van der Waals surface area contributed by atoms with Gasteiger partial charge in [0.25, 0.3) is 5.91 Å². The summed E-state index contributed by atoms with van der Waals surface area (Å²) in [6.45, 7) is -0.567. The molecule has 0 atom stereocenters. The average molecular weight is 492 g/mol. The molecule has 3 amide bonds. The van der Waals surface area contributed by atoms with Gasteiger partial charge < -0.3 is 14.8 Å². The van der Waals surface area contributed by atoms with Crippen LogP contribution in [0.15, 0.2) is 38.6 Å². The minimum Gasteiger partial charge on any atom is -0.497 e. The third kappa shape index (κ3) is 5.83. The highest BCUT2D eigenvalue weighted by Crippen LogP contribution is 2.32. The van der Waals surface area contributed by atoms with E-state index in [4.69, 9.17) is 9.47 Å². The van der Waals surface area contributed by atoms with E-state index in [0.717, 1.165) is 3.79 Å². The summed E-state index contributed by atoms with van der Waals surface area (Å²) >= 11 is 7.68. The molecule has 1 aromatic carbocycles. The zero-order chi connectivity index (χ0) is 18.4. The number of thiophene rings is 1. The molecule has 25 heavy (non-hydrogen) atoms. The Bertz CT molecular complexity index is 772. The smallest absolute Gasteiger partial charge is 0.348 e. The number of halogens is 2. The van der Waals surface area contributed by atoms with Gasteiger partial charge in [-0.05, 0) is 62.2 Å². The number of hydrogen-bond acceptors (Lipinski definition) is 6. The number of benzene rings is 1. The molecule has 7 nitrogen and oxygen atoms in total. The fourth-order valence-electron chi connectivity index (χ4n) is 1.65. The van der Waals surface area contributed by atoms with E-state index in [1.807, 2.05) is 0 Å². The van der Waals surface area contributed by atoms with Gasteiger partial charge in [-0.25, -0.2) is 9.59 Å². The highest BCUT2D eigenvalue weighted by atomic mass is 79.9. The number of hydrogen-bond donors (Lipinski definition) is 2. The maximum absolute atomic E-state index is 11.8. The molecule has 2 N–H and O–H groups in total. The molecular weight excluding hydrogens is 480 g/mol. The van der Waals surface area contributed by atoms with Crippen LogP contribution < -0.4 is 15.4 Å². The average Bonchev–Trinajstić information content (AvgIpc) is 2.92. The van der Waals surface area contributed by atoms with E-state index in [1.165, 1.54) is 18.4 Å². The number of carbonyl (C=O) groups excluding carboxylic acids is 3. The lowest BCUT2D eigenvalue weighted by Crippen LogP contribution is -2.37. The SMILES string of the molecule is COc1ccc(NC(=O)NC(=O)COC(=O)c2cc(Br)c(Br)s2)cc1. The number of imide groups is 1. The third-order valence-electron chi connectivity index (χ3n) is 2.78. The predicted molar refractivity (Wildman–Crippen MR) is 100 cm³/mol. The van der Waals surface area contributed by atoms with Crippen molar-refractivity contribution >= 4 is 66.8 Å². The first kappa shape index (κ1) is 19.4. The van der Waals surface area contributed by atoms with Crippen molar-refractivity contribution < 1.29 is 23.9 Å². The highest BCUT2D eigenvalue weighted by molar-refractivity contribution is 9.13. The topological polar surface area (TPSA) is 93.7 Å². The van der Waals surface area contributed by atoms with Gasteiger partial charge in [0.1, 0.15) is 10.6 Å².